The van der Waals surface area contributed by atoms with Gasteiger partial charge in [0.25, 0.3) is 5.91 Å². The monoisotopic (exact) mass is 424 g/mol. The van der Waals surface area contributed by atoms with Crippen LogP contribution >= 0.6 is 28.3 Å². The van der Waals surface area contributed by atoms with Crippen LogP contribution in [0.2, 0.25) is 0 Å². The Morgan fingerprint density at radius 3 is 2.72 bits per heavy atom. The molecule has 0 fully saturated rings. The van der Waals surface area contributed by atoms with Crippen molar-refractivity contribution < 1.29 is 9.53 Å². The summed E-state index contributed by atoms with van der Waals surface area (Å²) in [4.78, 5) is 12.5. The number of anilines is 1. The highest BCUT2D eigenvalue weighted by molar-refractivity contribution is 9.10. The highest BCUT2D eigenvalue weighted by Crippen LogP contribution is 2.31. The van der Waals surface area contributed by atoms with Crippen LogP contribution in [0.3, 0.4) is 0 Å². The molecule has 25 heavy (non-hydrogen) atoms. The van der Waals surface area contributed by atoms with Crippen molar-refractivity contribution in [3.63, 3.8) is 0 Å². The van der Waals surface area contributed by atoms with Crippen LogP contribution < -0.4 is 15.8 Å². The van der Waals surface area contributed by atoms with Gasteiger partial charge >= 0.3 is 0 Å². The van der Waals surface area contributed by atoms with E-state index >= 15 is 0 Å². The Kier molecular flexibility index (Phi) is 6.73. The first-order valence-electron chi connectivity index (χ1n) is 8.14. The van der Waals surface area contributed by atoms with E-state index < -0.39 is 6.10 Å². The molecule has 0 saturated carbocycles. The fraction of sp³-hybridized carbons (Fsp3) is 0.316. The molecule has 2 aromatic rings. The van der Waals surface area contributed by atoms with Gasteiger partial charge in [-0.05, 0) is 73.7 Å². The van der Waals surface area contributed by atoms with Gasteiger partial charge < -0.3 is 15.8 Å². The molecule has 0 heterocycles. The van der Waals surface area contributed by atoms with Crippen molar-refractivity contribution in [3.05, 3.63) is 58.1 Å². The van der Waals surface area contributed by atoms with E-state index in [0.29, 0.717) is 5.75 Å². The van der Waals surface area contributed by atoms with Gasteiger partial charge in [-0.15, -0.1) is 12.4 Å². The summed E-state index contributed by atoms with van der Waals surface area (Å²) in [5.41, 5.74) is 9.03. The minimum Gasteiger partial charge on any atom is -0.481 e. The van der Waals surface area contributed by atoms with E-state index in [-0.39, 0.29) is 24.4 Å². The molecular formula is C19H22BrClN2O2. The highest BCUT2D eigenvalue weighted by Gasteiger charge is 2.24. The predicted molar refractivity (Wildman–Crippen MR) is 106 cm³/mol. The van der Waals surface area contributed by atoms with Crippen LogP contribution in [0.5, 0.6) is 5.75 Å². The van der Waals surface area contributed by atoms with Crippen LogP contribution in [-0.4, -0.2) is 12.0 Å². The molecule has 6 heteroatoms. The van der Waals surface area contributed by atoms with Gasteiger partial charge in [0.2, 0.25) is 0 Å². The molecule has 0 radical (unpaired) electrons. The summed E-state index contributed by atoms with van der Waals surface area (Å²) in [6.07, 6.45) is 2.44. The molecule has 0 aromatic heterocycles. The lowest BCUT2D eigenvalue weighted by molar-refractivity contribution is -0.128. The maximum atomic E-state index is 12.5. The number of hydrogen-bond donors (Lipinski definition) is 2. The molecule has 3 N–H and O–H groups in total. The minimum atomic E-state index is -0.551. The van der Waals surface area contributed by atoms with Crippen LogP contribution in [0.1, 0.15) is 36.9 Å². The van der Waals surface area contributed by atoms with Gasteiger partial charge in [0, 0.05) is 10.2 Å². The van der Waals surface area contributed by atoms with Gasteiger partial charge in [-0.2, -0.15) is 0 Å². The Morgan fingerprint density at radius 2 is 2.00 bits per heavy atom. The fourth-order valence-electron chi connectivity index (χ4n) is 3.04. The molecular weight excluding hydrogens is 404 g/mol. The van der Waals surface area contributed by atoms with Crippen molar-refractivity contribution in [1.29, 1.82) is 0 Å². The number of carbonyl (C=O) groups excluding carboxylic acids is 1. The number of fused-ring (bicyclic) bond motifs is 1. The first-order valence-corrected chi connectivity index (χ1v) is 8.93. The second-order valence-electron chi connectivity index (χ2n) is 6.13. The van der Waals surface area contributed by atoms with Gasteiger partial charge in [0.05, 0.1) is 6.04 Å². The average Bonchev–Trinajstić information content (AvgIpc) is 2.56. The molecule has 0 spiro atoms. The van der Waals surface area contributed by atoms with Crippen molar-refractivity contribution in [3.8, 4) is 5.75 Å². The summed E-state index contributed by atoms with van der Waals surface area (Å²) in [5.74, 6) is 0.574. The van der Waals surface area contributed by atoms with Crippen molar-refractivity contribution in [2.24, 2.45) is 0 Å². The average molecular weight is 426 g/mol. The zero-order valence-electron chi connectivity index (χ0n) is 14.0. The molecule has 1 aliphatic carbocycles. The molecule has 2 aromatic carbocycles. The van der Waals surface area contributed by atoms with Crippen LogP contribution in [-0.2, 0) is 11.2 Å². The number of aryl methyl sites for hydroxylation is 1. The quantitative estimate of drug-likeness (QED) is 0.713. The summed E-state index contributed by atoms with van der Waals surface area (Å²) in [6, 6.07) is 13.4. The largest absolute Gasteiger partial charge is 0.481 e. The maximum Gasteiger partial charge on any atom is 0.261 e. The van der Waals surface area contributed by atoms with Gasteiger partial charge in [0.1, 0.15) is 5.75 Å². The zero-order valence-corrected chi connectivity index (χ0v) is 16.4. The molecule has 0 saturated heterocycles. The number of hydrogen-bond acceptors (Lipinski definition) is 3. The maximum absolute atomic E-state index is 12.5. The second-order valence-corrected chi connectivity index (χ2v) is 7.04. The Bertz CT molecular complexity index is 737. The van der Waals surface area contributed by atoms with Crippen LogP contribution in [0, 0.1) is 0 Å². The fourth-order valence-corrected chi connectivity index (χ4v) is 3.31. The third-order valence-electron chi connectivity index (χ3n) is 4.29. The van der Waals surface area contributed by atoms with Crippen molar-refractivity contribution >= 4 is 39.9 Å². The van der Waals surface area contributed by atoms with Crippen molar-refractivity contribution in [2.45, 2.75) is 38.3 Å². The van der Waals surface area contributed by atoms with Gasteiger partial charge in [-0.3, -0.25) is 4.79 Å². The Hall–Kier alpha value is -1.72. The van der Waals surface area contributed by atoms with Gasteiger partial charge in [0.15, 0.2) is 6.10 Å². The highest BCUT2D eigenvalue weighted by atomic mass is 79.9. The number of halogens is 2. The number of nitrogen functional groups attached to an aromatic ring is 1. The Morgan fingerprint density at radius 1 is 1.28 bits per heavy atom. The summed E-state index contributed by atoms with van der Waals surface area (Å²) >= 11 is 3.38. The van der Waals surface area contributed by atoms with Crippen molar-refractivity contribution in [2.75, 3.05) is 5.73 Å². The number of ether oxygens (including phenoxy) is 1. The SMILES string of the molecule is CC(Oc1ccc(Br)cc1)C(=O)NC1CCCc2cc(N)ccc21.Cl. The van der Waals surface area contributed by atoms with E-state index in [9.17, 15) is 4.79 Å². The normalized spacial score (nSPS) is 17.0. The number of carbonyl (C=O) groups is 1. The predicted octanol–water partition coefficient (Wildman–Crippen LogP) is 4.41. The standard InChI is InChI=1S/C19H21BrN2O2.ClH/c1-12(24-16-8-5-14(20)6-9-16)19(23)22-18-4-2-3-13-11-15(21)7-10-17(13)18;/h5-12,18H,2-4,21H2,1H3,(H,22,23);1H. The lowest BCUT2D eigenvalue weighted by atomic mass is 9.87. The van der Waals surface area contributed by atoms with E-state index in [0.717, 1.165) is 29.4 Å². The summed E-state index contributed by atoms with van der Waals surface area (Å²) in [6.45, 7) is 1.77. The Balaban J connectivity index is 0.00000225. The van der Waals surface area contributed by atoms with E-state index in [2.05, 4.69) is 21.2 Å². The number of rotatable bonds is 4. The molecule has 4 nitrogen and oxygen atoms in total. The summed E-state index contributed by atoms with van der Waals surface area (Å²) in [5, 5.41) is 3.11. The van der Waals surface area contributed by atoms with E-state index in [1.165, 1.54) is 11.1 Å². The minimum absolute atomic E-state index is 0. The van der Waals surface area contributed by atoms with E-state index in [1.807, 2.05) is 42.5 Å². The molecule has 0 aliphatic heterocycles. The van der Waals surface area contributed by atoms with Crippen LogP contribution in [0.25, 0.3) is 0 Å². The molecule has 2 unspecified atom stereocenters. The first-order chi connectivity index (χ1) is 11.5. The summed E-state index contributed by atoms with van der Waals surface area (Å²) in [7, 11) is 0. The second kappa shape index (κ2) is 8.59. The third-order valence-corrected chi connectivity index (χ3v) is 4.82. The van der Waals surface area contributed by atoms with Crippen LogP contribution in [0.15, 0.2) is 46.9 Å². The van der Waals surface area contributed by atoms with Crippen LogP contribution in [0.4, 0.5) is 5.69 Å². The molecule has 1 amide bonds. The zero-order chi connectivity index (χ0) is 17.1. The third kappa shape index (κ3) is 4.89. The molecule has 1 aliphatic rings. The van der Waals surface area contributed by atoms with Gasteiger partial charge in [-0.1, -0.05) is 22.0 Å². The summed E-state index contributed by atoms with van der Waals surface area (Å²) < 4.78 is 6.70. The number of amides is 1. The van der Waals surface area contributed by atoms with E-state index in [1.54, 1.807) is 6.92 Å². The molecule has 3 rings (SSSR count). The Labute approximate surface area is 162 Å². The molecule has 0 bridgehead atoms. The lowest BCUT2D eigenvalue weighted by Gasteiger charge is -2.28. The number of nitrogens with two attached hydrogens (primary N) is 1. The van der Waals surface area contributed by atoms with E-state index in [4.69, 9.17) is 10.5 Å². The number of nitrogens with one attached hydrogen (secondary N) is 1. The number of benzene rings is 2. The van der Waals surface area contributed by atoms with Crippen molar-refractivity contribution in [1.82, 2.24) is 5.32 Å². The lowest BCUT2D eigenvalue weighted by Crippen LogP contribution is -2.39. The smallest absolute Gasteiger partial charge is 0.261 e. The molecule has 2 atom stereocenters. The topological polar surface area (TPSA) is 64.3 Å². The first kappa shape index (κ1) is 19.6. The molecule has 134 valence electrons. The van der Waals surface area contributed by atoms with Gasteiger partial charge in [-0.25, -0.2) is 0 Å².